The summed E-state index contributed by atoms with van der Waals surface area (Å²) >= 11 is 5.90. The average molecular weight is 345 g/mol. The molecular weight excluding hydrogens is 331 g/mol. The number of amides is 1. The molecule has 1 amide bonds. The third kappa shape index (κ3) is 3.14. The molecule has 122 valence electrons. The number of carbonyl (C=O) groups is 1. The lowest BCUT2D eigenvalue weighted by atomic mass is 10.2. The average Bonchev–Trinajstić information content (AvgIpc) is 2.92. The Balaban J connectivity index is 1.89. The molecule has 0 spiro atoms. The number of aromatic nitrogens is 3. The van der Waals surface area contributed by atoms with Crippen molar-refractivity contribution >= 4 is 23.2 Å². The quantitative estimate of drug-likeness (QED) is 0.783. The summed E-state index contributed by atoms with van der Waals surface area (Å²) in [5.74, 6) is -0.749. The topological polar surface area (TPSA) is 59.8 Å². The van der Waals surface area contributed by atoms with Gasteiger partial charge in [-0.3, -0.25) is 4.79 Å². The van der Waals surface area contributed by atoms with Gasteiger partial charge in [0.1, 0.15) is 5.82 Å². The Labute approximate surface area is 143 Å². The second kappa shape index (κ2) is 6.41. The van der Waals surface area contributed by atoms with E-state index in [2.05, 4.69) is 15.6 Å². The van der Waals surface area contributed by atoms with Gasteiger partial charge in [-0.05, 0) is 49.7 Å². The van der Waals surface area contributed by atoms with E-state index in [0.717, 1.165) is 0 Å². The van der Waals surface area contributed by atoms with E-state index in [1.165, 1.54) is 10.7 Å². The van der Waals surface area contributed by atoms with Crippen molar-refractivity contribution < 1.29 is 9.18 Å². The van der Waals surface area contributed by atoms with Crippen LogP contribution in [0.15, 0.2) is 42.5 Å². The smallest absolute Gasteiger partial charge is 0.278 e. The minimum Gasteiger partial charge on any atom is -0.320 e. The largest absolute Gasteiger partial charge is 0.320 e. The van der Waals surface area contributed by atoms with Gasteiger partial charge >= 0.3 is 0 Å². The van der Waals surface area contributed by atoms with Crippen LogP contribution in [0, 0.1) is 19.7 Å². The van der Waals surface area contributed by atoms with Gasteiger partial charge in [-0.25, -0.2) is 9.07 Å². The highest BCUT2D eigenvalue weighted by atomic mass is 35.5. The number of hydrogen-bond acceptors (Lipinski definition) is 3. The zero-order chi connectivity index (χ0) is 17.3. The van der Waals surface area contributed by atoms with Crippen LogP contribution < -0.4 is 5.32 Å². The Morgan fingerprint density at radius 1 is 1.21 bits per heavy atom. The van der Waals surface area contributed by atoms with Gasteiger partial charge in [-0.1, -0.05) is 28.9 Å². The van der Waals surface area contributed by atoms with Crippen LogP contribution >= 0.6 is 11.6 Å². The fraction of sp³-hybridized carbons (Fsp3) is 0.118. The maximum atomic E-state index is 13.7. The summed E-state index contributed by atoms with van der Waals surface area (Å²) in [6, 6.07) is 11.5. The molecule has 24 heavy (non-hydrogen) atoms. The molecule has 7 heteroatoms. The van der Waals surface area contributed by atoms with Crippen LogP contribution in [-0.4, -0.2) is 20.9 Å². The maximum Gasteiger partial charge on any atom is 0.278 e. The summed E-state index contributed by atoms with van der Waals surface area (Å²) in [7, 11) is 0. The van der Waals surface area contributed by atoms with Crippen LogP contribution in [0.4, 0.5) is 10.1 Å². The first-order valence-electron chi connectivity index (χ1n) is 7.21. The SMILES string of the molecule is Cc1ccc(-n2nnc(C(=O)Nc3cccc(Cl)c3)c2C)cc1F. The molecule has 0 saturated heterocycles. The van der Waals surface area contributed by atoms with Gasteiger partial charge in [-0.15, -0.1) is 5.10 Å². The van der Waals surface area contributed by atoms with Crippen molar-refractivity contribution in [3.05, 3.63) is 70.3 Å². The molecule has 1 aromatic heterocycles. The molecule has 0 bridgehead atoms. The van der Waals surface area contributed by atoms with Crippen molar-refractivity contribution in [1.82, 2.24) is 15.0 Å². The predicted octanol–water partition coefficient (Wildman–Crippen LogP) is 3.93. The number of nitrogens with one attached hydrogen (secondary N) is 1. The molecule has 0 atom stereocenters. The van der Waals surface area contributed by atoms with Gasteiger partial charge < -0.3 is 5.32 Å². The summed E-state index contributed by atoms with van der Waals surface area (Å²) in [4.78, 5) is 12.4. The highest BCUT2D eigenvalue weighted by Gasteiger charge is 2.18. The van der Waals surface area contributed by atoms with Crippen LogP contribution in [0.2, 0.25) is 5.02 Å². The molecule has 0 aliphatic heterocycles. The van der Waals surface area contributed by atoms with Crippen LogP contribution in [0.3, 0.4) is 0 Å². The summed E-state index contributed by atoms with van der Waals surface area (Å²) in [6.07, 6.45) is 0. The minimum atomic E-state index is -0.409. The van der Waals surface area contributed by atoms with Gasteiger partial charge in [0.25, 0.3) is 5.91 Å². The Morgan fingerprint density at radius 3 is 2.71 bits per heavy atom. The van der Waals surface area contributed by atoms with Crippen molar-refractivity contribution in [3.8, 4) is 5.69 Å². The second-order valence-corrected chi connectivity index (χ2v) is 5.77. The van der Waals surface area contributed by atoms with Crippen molar-refractivity contribution in [2.24, 2.45) is 0 Å². The molecule has 0 unspecified atom stereocenters. The molecule has 2 aromatic carbocycles. The van der Waals surface area contributed by atoms with Crippen molar-refractivity contribution in [3.63, 3.8) is 0 Å². The molecule has 3 rings (SSSR count). The van der Waals surface area contributed by atoms with Crippen LogP contribution in [0.1, 0.15) is 21.7 Å². The van der Waals surface area contributed by atoms with E-state index in [0.29, 0.717) is 27.7 Å². The van der Waals surface area contributed by atoms with Crippen LogP contribution in [-0.2, 0) is 0 Å². The van der Waals surface area contributed by atoms with Crippen LogP contribution in [0.25, 0.3) is 5.69 Å². The molecule has 0 saturated carbocycles. The van der Waals surface area contributed by atoms with E-state index in [1.54, 1.807) is 50.2 Å². The molecule has 0 aliphatic carbocycles. The Kier molecular flexibility index (Phi) is 4.31. The first-order chi connectivity index (χ1) is 11.5. The number of nitrogens with zero attached hydrogens (tertiary/aromatic N) is 3. The van der Waals surface area contributed by atoms with Crippen molar-refractivity contribution in [2.75, 3.05) is 5.32 Å². The Bertz CT molecular complexity index is 923. The fourth-order valence-electron chi connectivity index (χ4n) is 2.25. The van der Waals surface area contributed by atoms with E-state index in [4.69, 9.17) is 11.6 Å². The summed E-state index contributed by atoms with van der Waals surface area (Å²) in [6.45, 7) is 3.38. The Hall–Kier alpha value is -2.73. The van der Waals surface area contributed by atoms with Crippen LogP contribution in [0.5, 0.6) is 0 Å². The summed E-state index contributed by atoms with van der Waals surface area (Å²) in [5, 5.41) is 11.1. The van der Waals surface area contributed by atoms with Gasteiger partial charge in [0.05, 0.1) is 11.4 Å². The first-order valence-corrected chi connectivity index (χ1v) is 7.59. The zero-order valence-electron chi connectivity index (χ0n) is 13.0. The van der Waals surface area contributed by atoms with Gasteiger partial charge in [0.2, 0.25) is 0 Å². The lowest BCUT2D eigenvalue weighted by Crippen LogP contribution is -2.14. The number of rotatable bonds is 3. The van der Waals surface area contributed by atoms with Crippen molar-refractivity contribution in [1.29, 1.82) is 0 Å². The summed E-state index contributed by atoms with van der Waals surface area (Å²) < 4.78 is 15.2. The van der Waals surface area contributed by atoms with Gasteiger partial charge in [0.15, 0.2) is 5.69 Å². The van der Waals surface area contributed by atoms with E-state index >= 15 is 0 Å². The highest BCUT2D eigenvalue weighted by Crippen LogP contribution is 2.18. The van der Waals surface area contributed by atoms with Gasteiger partial charge in [-0.2, -0.15) is 0 Å². The molecule has 3 aromatic rings. The number of benzene rings is 2. The van der Waals surface area contributed by atoms with E-state index in [9.17, 15) is 9.18 Å². The number of aryl methyl sites for hydroxylation is 1. The third-order valence-corrected chi connectivity index (χ3v) is 3.83. The van der Waals surface area contributed by atoms with E-state index in [-0.39, 0.29) is 11.5 Å². The zero-order valence-corrected chi connectivity index (χ0v) is 13.8. The lowest BCUT2D eigenvalue weighted by molar-refractivity contribution is 0.102. The van der Waals surface area contributed by atoms with E-state index in [1.807, 2.05) is 0 Å². The fourth-order valence-corrected chi connectivity index (χ4v) is 2.44. The first kappa shape index (κ1) is 16.1. The third-order valence-electron chi connectivity index (χ3n) is 3.59. The molecule has 0 fully saturated rings. The number of anilines is 1. The number of halogens is 2. The minimum absolute atomic E-state index is 0.163. The van der Waals surface area contributed by atoms with Gasteiger partial charge in [0, 0.05) is 10.7 Å². The molecule has 1 heterocycles. The molecule has 5 nitrogen and oxygen atoms in total. The highest BCUT2D eigenvalue weighted by molar-refractivity contribution is 6.30. The maximum absolute atomic E-state index is 13.7. The Morgan fingerprint density at radius 2 is 2.00 bits per heavy atom. The normalized spacial score (nSPS) is 10.7. The number of carbonyl (C=O) groups excluding carboxylic acids is 1. The second-order valence-electron chi connectivity index (χ2n) is 5.33. The molecule has 0 radical (unpaired) electrons. The monoisotopic (exact) mass is 344 g/mol. The standard InChI is InChI=1S/C17H14ClFN4O/c1-10-6-7-14(9-15(10)19)23-11(2)16(21-22-23)17(24)20-13-5-3-4-12(18)8-13/h3-9H,1-2H3,(H,20,24). The van der Waals surface area contributed by atoms with Crippen molar-refractivity contribution in [2.45, 2.75) is 13.8 Å². The molecule has 1 N–H and O–H groups in total. The summed E-state index contributed by atoms with van der Waals surface area (Å²) in [5.41, 5.74) is 2.27. The molecular formula is C17H14ClFN4O. The molecule has 0 aliphatic rings. The predicted molar refractivity (Wildman–Crippen MR) is 90.2 cm³/mol. The van der Waals surface area contributed by atoms with E-state index < -0.39 is 5.91 Å². The lowest BCUT2D eigenvalue weighted by Gasteiger charge is -2.06. The number of hydrogen-bond donors (Lipinski definition) is 1.